The van der Waals surface area contributed by atoms with Gasteiger partial charge in [0.05, 0.1) is 19.6 Å². The summed E-state index contributed by atoms with van der Waals surface area (Å²) in [6.07, 6.45) is 3.00. The SMILES string of the molecule is CCCCCNc1c(NCCNC(=O)CN2CCN(CC)CCN(CC(=O)O)CCN(CC(=O)O)CC2)c(=O)c1=O. The summed E-state index contributed by atoms with van der Waals surface area (Å²) < 4.78 is 0. The molecule has 0 aromatic heterocycles. The zero-order valence-corrected chi connectivity index (χ0v) is 24.5. The lowest BCUT2D eigenvalue weighted by molar-refractivity contribution is -0.140. The van der Waals surface area contributed by atoms with Crippen molar-refractivity contribution in [3.8, 4) is 0 Å². The van der Waals surface area contributed by atoms with Crippen LogP contribution in [-0.2, 0) is 14.4 Å². The molecule has 0 bridgehead atoms. The molecular weight excluding hydrogens is 534 g/mol. The van der Waals surface area contributed by atoms with Crippen LogP contribution in [0.5, 0.6) is 0 Å². The molecule has 0 unspecified atom stereocenters. The third kappa shape index (κ3) is 12.5. The molecule has 1 aromatic rings. The number of nitrogens with one attached hydrogen (secondary N) is 3. The van der Waals surface area contributed by atoms with Gasteiger partial charge in [0, 0.05) is 72.0 Å². The fourth-order valence-corrected chi connectivity index (χ4v) is 4.72. The number of unbranched alkanes of at least 4 members (excludes halogenated alkanes) is 2. The number of rotatable bonds is 16. The normalized spacial score (nSPS) is 17.0. The van der Waals surface area contributed by atoms with Crippen LogP contribution in [0.3, 0.4) is 0 Å². The van der Waals surface area contributed by atoms with Crippen LogP contribution in [0.15, 0.2) is 9.59 Å². The molecule has 1 fully saturated rings. The molecular formula is C27H47N7O7. The van der Waals surface area contributed by atoms with Crippen molar-refractivity contribution in [2.24, 2.45) is 0 Å². The van der Waals surface area contributed by atoms with Crippen LogP contribution in [0.2, 0.25) is 0 Å². The first kappa shape index (κ1) is 34.1. The molecule has 41 heavy (non-hydrogen) atoms. The predicted octanol–water partition coefficient (Wildman–Crippen LogP) is -1.18. The molecule has 0 saturated carbocycles. The smallest absolute Gasteiger partial charge is 0.317 e. The topological polar surface area (TPSA) is 175 Å². The van der Waals surface area contributed by atoms with Gasteiger partial charge >= 0.3 is 11.9 Å². The molecule has 1 aliphatic rings. The largest absolute Gasteiger partial charge is 0.480 e. The standard InChI is InChI=1S/C27H47N7O7/c1-3-5-6-7-29-24-25(27(41)26(24)40)30-9-8-28-21(35)18-32-12-10-31(4-2)11-13-33(19-22(36)37)16-17-34(15-14-32)20-23(38)39/h29-30H,3-20H2,1-2H3,(H,28,35)(H,36,37)(H,38,39). The third-order valence-electron chi connectivity index (χ3n) is 7.20. The molecule has 0 radical (unpaired) electrons. The number of carbonyl (C=O) groups excluding carboxylic acids is 1. The number of anilines is 2. The highest BCUT2D eigenvalue weighted by molar-refractivity contribution is 5.78. The van der Waals surface area contributed by atoms with Gasteiger partial charge in [0.25, 0.3) is 10.9 Å². The molecule has 0 atom stereocenters. The van der Waals surface area contributed by atoms with Crippen molar-refractivity contribution < 1.29 is 24.6 Å². The van der Waals surface area contributed by atoms with E-state index in [4.69, 9.17) is 0 Å². The Labute approximate surface area is 241 Å². The molecule has 2 rings (SSSR count). The van der Waals surface area contributed by atoms with E-state index in [2.05, 4.69) is 27.8 Å². The fourth-order valence-electron chi connectivity index (χ4n) is 4.72. The molecule has 1 amide bonds. The molecule has 14 heteroatoms. The molecule has 1 saturated heterocycles. The van der Waals surface area contributed by atoms with Gasteiger partial charge in [-0.1, -0.05) is 26.7 Å². The summed E-state index contributed by atoms with van der Waals surface area (Å²) in [6, 6.07) is 0. The van der Waals surface area contributed by atoms with Crippen LogP contribution >= 0.6 is 0 Å². The lowest BCUT2D eigenvalue weighted by Crippen LogP contribution is -2.49. The molecule has 1 heterocycles. The Morgan fingerprint density at radius 3 is 1.51 bits per heavy atom. The summed E-state index contributed by atoms with van der Waals surface area (Å²) in [4.78, 5) is 67.1. The Morgan fingerprint density at radius 1 is 0.634 bits per heavy atom. The minimum Gasteiger partial charge on any atom is -0.480 e. The minimum atomic E-state index is -0.961. The van der Waals surface area contributed by atoms with Crippen molar-refractivity contribution in [3.63, 3.8) is 0 Å². The maximum atomic E-state index is 12.7. The fraction of sp³-hybridized carbons (Fsp3) is 0.741. The number of carbonyl (C=O) groups is 3. The van der Waals surface area contributed by atoms with Crippen LogP contribution in [0, 0.1) is 0 Å². The monoisotopic (exact) mass is 581 g/mol. The van der Waals surface area contributed by atoms with E-state index in [-0.39, 0.29) is 37.8 Å². The third-order valence-corrected chi connectivity index (χ3v) is 7.20. The number of hydrogen-bond acceptors (Lipinski definition) is 11. The summed E-state index contributed by atoms with van der Waals surface area (Å²) >= 11 is 0. The average molecular weight is 582 g/mol. The van der Waals surface area contributed by atoms with Crippen molar-refractivity contribution in [1.29, 1.82) is 0 Å². The zero-order valence-electron chi connectivity index (χ0n) is 24.5. The number of carboxylic acids is 2. The highest BCUT2D eigenvalue weighted by atomic mass is 16.4. The van der Waals surface area contributed by atoms with Crippen LogP contribution in [0.1, 0.15) is 33.1 Å². The molecule has 14 nitrogen and oxygen atoms in total. The van der Waals surface area contributed by atoms with E-state index in [1.807, 2.05) is 16.7 Å². The predicted molar refractivity (Wildman–Crippen MR) is 158 cm³/mol. The van der Waals surface area contributed by atoms with Crippen molar-refractivity contribution >= 4 is 29.2 Å². The van der Waals surface area contributed by atoms with Gasteiger partial charge in [0.1, 0.15) is 11.4 Å². The van der Waals surface area contributed by atoms with E-state index < -0.39 is 22.8 Å². The van der Waals surface area contributed by atoms with Gasteiger partial charge in [0.2, 0.25) is 5.91 Å². The summed E-state index contributed by atoms with van der Waals surface area (Å²) in [7, 11) is 0. The van der Waals surface area contributed by atoms with Gasteiger partial charge in [-0.15, -0.1) is 0 Å². The highest BCUT2D eigenvalue weighted by Crippen LogP contribution is 2.14. The molecule has 0 aliphatic carbocycles. The first-order valence-corrected chi connectivity index (χ1v) is 14.5. The van der Waals surface area contributed by atoms with Gasteiger partial charge in [-0.2, -0.15) is 0 Å². The van der Waals surface area contributed by atoms with Crippen LogP contribution in [-0.4, -0.2) is 146 Å². The average Bonchev–Trinajstić information content (AvgIpc) is 2.92. The van der Waals surface area contributed by atoms with Gasteiger partial charge in [-0.05, 0) is 13.0 Å². The van der Waals surface area contributed by atoms with Gasteiger partial charge in [-0.25, -0.2) is 0 Å². The lowest BCUT2D eigenvalue weighted by atomic mass is 10.1. The van der Waals surface area contributed by atoms with Crippen molar-refractivity contribution in [1.82, 2.24) is 24.9 Å². The number of likely N-dealkylation sites (N-methyl/N-ethyl adjacent to an activating group) is 1. The van der Waals surface area contributed by atoms with Crippen molar-refractivity contribution in [3.05, 3.63) is 20.4 Å². The molecule has 1 aromatic carbocycles. The van der Waals surface area contributed by atoms with Crippen LogP contribution < -0.4 is 26.8 Å². The quantitative estimate of drug-likeness (QED) is 0.117. The second kappa shape index (κ2) is 18.4. The Hall–Kier alpha value is -3.07. The minimum absolute atomic E-state index is 0.0991. The van der Waals surface area contributed by atoms with Crippen molar-refractivity contribution in [2.75, 3.05) is 109 Å². The lowest BCUT2D eigenvalue weighted by Gasteiger charge is -2.33. The van der Waals surface area contributed by atoms with E-state index in [0.717, 1.165) is 25.8 Å². The van der Waals surface area contributed by atoms with E-state index in [1.165, 1.54) is 0 Å². The van der Waals surface area contributed by atoms with Gasteiger partial charge < -0.3 is 31.1 Å². The maximum absolute atomic E-state index is 12.7. The number of aliphatic carboxylic acids is 2. The summed E-state index contributed by atoms with van der Waals surface area (Å²) in [6.45, 7) is 10.2. The number of nitrogens with zero attached hydrogens (tertiary/aromatic N) is 4. The second-order valence-electron chi connectivity index (χ2n) is 10.4. The van der Waals surface area contributed by atoms with Crippen LogP contribution in [0.25, 0.3) is 0 Å². The van der Waals surface area contributed by atoms with Crippen LogP contribution in [0.4, 0.5) is 11.4 Å². The zero-order chi connectivity index (χ0) is 30.2. The summed E-state index contributed by atoms with van der Waals surface area (Å²) in [5.74, 6) is -2.07. The number of amides is 1. The first-order valence-electron chi connectivity index (χ1n) is 14.5. The Bertz CT molecular complexity index is 1040. The Balaban J connectivity index is 1.89. The van der Waals surface area contributed by atoms with E-state index >= 15 is 0 Å². The summed E-state index contributed by atoms with van der Waals surface area (Å²) in [5, 5.41) is 27.4. The molecule has 5 N–H and O–H groups in total. The van der Waals surface area contributed by atoms with E-state index in [0.29, 0.717) is 71.1 Å². The Morgan fingerprint density at radius 2 is 1.07 bits per heavy atom. The Kier molecular flexibility index (Phi) is 15.3. The number of hydrogen-bond donors (Lipinski definition) is 5. The molecule has 232 valence electrons. The van der Waals surface area contributed by atoms with Crippen molar-refractivity contribution in [2.45, 2.75) is 33.1 Å². The van der Waals surface area contributed by atoms with Gasteiger partial charge in [-0.3, -0.25) is 38.7 Å². The summed E-state index contributed by atoms with van der Waals surface area (Å²) in [5.41, 5.74) is -0.486. The second-order valence-corrected chi connectivity index (χ2v) is 10.4. The first-order chi connectivity index (χ1) is 19.6. The molecule has 0 spiro atoms. The number of carboxylic acid groups (broad SMARTS) is 2. The maximum Gasteiger partial charge on any atom is 0.317 e. The van der Waals surface area contributed by atoms with E-state index in [1.54, 1.807) is 4.90 Å². The highest BCUT2D eigenvalue weighted by Gasteiger charge is 2.21. The molecule has 1 aliphatic heterocycles. The van der Waals surface area contributed by atoms with Gasteiger partial charge in [0.15, 0.2) is 0 Å². The van der Waals surface area contributed by atoms with E-state index in [9.17, 15) is 34.2 Å².